The van der Waals surface area contributed by atoms with E-state index in [0.717, 1.165) is 33.9 Å². The van der Waals surface area contributed by atoms with Gasteiger partial charge in [-0.3, -0.25) is 0 Å². The molecule has 1 aliphatic heterocycles. The average Bonchev–Trinajstić information content (AvgIpc) is 2.71. The maximum atomic E-state index is 6.24. The summed E-state index contributed by atoms with van der Waals surface area (Å²) in [7, 11) is 0. The minimum atomic E-state index is -0.109. The monoisotopic (exact) mass is 287 g/mol. The van der Waals surface area contributed by atoms with Gasteiger partial charge in [-0.25, -0.2) is 0 Å². The zero-order chi connectivity index (χ0) is 14.3. The summed E-state index contributed by atoms with van der Waals surface area (Å²) in [4.78, 5) is 0. The highest BCUT2D eigenvalue weighted by Gasteiger charge is 2.29. The molecule has 0 atom stereocenters. The molecule has 1 heterocycles. The van der Waals surface area contributed by atoms with E-state index in [1.54, 1.807) is 0 Å². The molecule has 0 aromatic heterocycles. The fourth-order valence-corrected chi connectivity index (χ4v) is 2.94. The van der Waals surface area contributed by atoms with Crippen molar-refractivity contribution >= 4 is 11.6 Å². The van der Waals surface area contributed by atoms with Crippen molar-refractivity contribution in [2.75, 3.05) is 0 Å². The van der Waals surface area contributed by atoms with Gasteiger partial charge in [-0.1, -0.05) is 29.8 Å². The van der Waals surface area contributed by atoms with Crippen molar-refractivity contribution in [1.29, 1.82) is 0 Å². The first-order valence-corrected chi connectivity index (χ1v) is 7.17. The van der Waals surface area contributed by atoms with E-state index in [4.69, 9.17) is 22.1 Å². The minimum absolute atomic E-state index is 0.109. The fourth-order valence-electron chi connectivity index (χ4n) is 2.68. The molecule has 0 fully saturated rings. The number of fused-ring (bicyclic) bond motifs is 1. The summed E-state index contributed by atoms with van der Waals surface area (Å²) in [5, 5.41) is 0.724. The molecule has 3 rings (SSSR count). The zero-order valence-corrected chi connectivity index (χ0v) is 12.5. The third-order valence-corrected chi connectivity index (χ3v) is 4.02. The topological polar surface area (TPSA) is 35.2 Å². The first kappa shape index (κ1) is 13.5. The molecule has 0 bridgehead atoms. The lowest BCUT2D eigenvalue weighted by molar-refractivity contribution is 0.138. The van der Waals surface area contributed by atoms with Gasteiger partial charge in [0.05, 0.1) is 0 Å². The maximum absolute atomic E-state index is 6.24. The van der Waals surface area contributed by atoms with Gasteiger partial charge in [-0.2, -0.15) is 0 Å². The van der Waals surface area contributed by atoms with E-state index in [1.165, 1.54) is 5.56 Å². The summed E-state index contributed by atoms with van der Waals surface area (Å²) in [5.41, 5.74) is 10.0. The lowest BCUT2D eigenvalue weighted by atomic mass is 9.97. The van der Waals surface area contributed by atoms with Crippen LogP contribution in [0.2, 0.25) is 5.02 Å². The van der Waals surface area contributed by atoms with Gasteiger partial charge < -0.3 is 10.5 Å². The molecule has 2 aromatic carbocycles. The molecule has 2 nitrogen and oxygen atoms in total. The molecular formula is C17H18ClNO. The molecule has 2 N–H and O–H groups in total. The SMILES string of the molecule is CC1(C)Cc2cc(-c3ccc(CN)c(Cl)c3)ccc2O1. The first-order chi connectivity index (χ1) is 9.48. The van der Waals surface area contributed by atoms with Crippen LogP contribution in [0.25, 0.3) is 11.1 Å². The fraction of sp³-hybridized carbons (Fsp3) is 0.294. The quantitative estimate of drug-likeness (QED) is 0.899. The molecule has 0 saturated heterocycles. The van der Waals surface area contributed by atoms with Gasteiger partial charge in [0.2, 0.25) is 0 Å². The van der Waals surface area contributed by atoms with Crippen LogP contribution in [0.3, 0.4) is 0 Å². The average molecular weight is 288 g/mol. The van der Waals surface area contributed by atoms with E-state index in [0.29, 0.717) is 6.54 Å². The smallest absolute Gasteiger partial charge is 0.123 e. The molecule has 20 heavy (non-hydrogen) atoms. The van der Waals surface area contributed by atoms with E-state index in [-0.39, 0.29) is 5.60 Å². The molecule has 1 aliphatic rings. The van der Waals surface area contributed by atoms with Gasteiger partial charge in [-0.15, -0.1) is 0 Å². The number of hydrogen-bond acceptors (Lipinski definition) is 2. The van der Waals surface area contributed by atoms with Crippen LogP contribution in [0.4, 0.5) is 0 Å². The Morgan fingerprint density at radius 2 is 1.85 bits per heavy atom. The predicted molar refractivity (Wildman–Crippen MR) is 83.2 cm³/mol. The molecule has 3 heteroatoms. The summed E-state index contributed by atoms with van der Waals surface area (Å²) in [6.07, 6.45) is 0.935. The number of hydrogen-bond donors (Lipinski definition) is 1. The van der Waals surface area contributed by atoms with Gasteiger partial charge in [0.15, 0.2) is 0 Å². The standard InChI is InChI=1S/C17H18ClNO/c1-17(2)9-14-7-11(5-6-16(14)20-17)12-3-4-13(10-19)15(18)8-12/h3-8H,9-10,19H2,1-2H3. The number of nitrogens with two attached hydrogens (primary N) is 1. The molecule has 0 saturated carbocycles. The van der Waals surface area contributed by atoms with Gasteiger partial charge >= 0.3 is 0 Å². The molecule has 2 aromatic rings. The Balaban J connectivity index is 1.99. The largest absolute Gasteiger partial charge is 0.487 e. The second-order valence-electron chi connectivity index (χ2n) is 5.87. The van der Waals surface area contributed by atoms with E-state index in [9.17, 15) is 0 Å². The lowest BCUT2D eigenvalue weighted by Gasteiger charge is -2.16. The van der Waals surface area contributed by atoms with Crippen LogP contribution in [-0.2, 0) is 13.0 Å². The second kappa shape index (κ2) is 4.80. The number of halogens is 1. The van der Waals surface area contributed by atoms with Crippen molar-refractivity contribution < 1.29 is 4.74 Å². The minimum Gasteiger partial charge on any atom is -0.487 e. The van der Waals surface area contributed by atoms with E-state index < -0.39 is 0 Å². The van der Waals surface area contributed by atoms with Crippen LogP contribution in [0.5, 0.6) is 5.75 Å². The Labute approximate surface area is 124 Å². The molecule has 0 unspecified atom stereocenters. The molecule has 0 spiro atoms. The first-order valence-electron chi connectivity index (χ1n) is 6.79. The maximum Gasteiger partial charge on any atom is 0.123 e. The normalized spacial score (nSPS) is 15.8. The lowest BCUT2D eigenvalue weighted by Crippen LogP contribution is -2.24. The highest BCUT2D eigenvalue weighted by atomic mass is 35.5. The Bertz CT molecular complexity index is 664. The summed E-state index contributed by atoms with van der Waals surface area (Å²) >= 11 is 6.24. The van der Waals surface area contributed by atoms with Gasteiger partial charge in [-0.05, 0) is 54.3 Å². The Kier molecular flexibility index (Phi) is 3.23. The Morgan fingerprint density at radius 1 is 1.15 bits per heavy atom. The molecule has 0 aliphatic carbocycles. The van der Waals surface area contributed by atoms with Gasteiger partial charge in [0.1, 0.15) is 11.4 Å². The van der Waals surface area contributed by atoms with E-state index >= 15 is 0 Å². The van der Waals surface area contributed by atoms with Crippen LogP contribution < -0.4 is 10.5 Å². The highest BCUT2D eigenvalue weighted by molar-refractivity contribution is 6.31. The van der Waals surface area contributed by atoms with Crippen LogP contribution in [0.1, 0.15) is 25.0 Å². The predicted octanol–water partition coefficient (Wildman–Crippen LogP) is 4.18. The molecule has 104 valence electrons. The van der Waals surface area contributed by atoms with Gasteiger partial charge in [0.25, 0.3) is 0 Å². The van der Waals surface area contributed by atoms with Gasteiger partial charge in [0, 0.05) is 18.0 Å². The highest BCUT2D eigenvalue weighted by Crippen LogP contribution is 2.37. The molecule has 0 radical (unpaired) electrons. The molecular weight excluding hydrogens is 270 g/mol. The number of benzene rings is 2. The summed E-state index contributed by atoms with van der Waals surface area (Å²) in [6.45, 7) is 4.69. The zero-order valence-electron chi connectivity index (χ0n) is 11.7. The Morgan fingerprint density at radius 3 is 2.55 bits per heavy atom. The summed E-state index contributed by atoms with van der Waals surface area (Å²) in [6, 6.07) is 12.4. The number of rotatable bonds is 2. The van der Waals surface area contributed by atoms with E-state index in [1.807, 2.05) is 18.2 Å². The van der Waals surface area contributed by atoms with Crippen molar-refractivity contribution in [3.63, 3.8) is 0 Å². The summed E-state index contributed by atoms with van der Waals surface area (Å²) in [5.74, 6) is 0.989. The van der Waals surface area contributed by atoms with Crippen LogP contribution in [0, 0.1) is 0 Å². The van der Waals surface area contributed by atoms with Crippen molar-refractivity contribution in [3.8, 4) is 16.9 Å². The van der Waals surface area contributed by atoms with Crippen molar-refractivity contribution in [1.82, 2.24) is 0 Å². The van der Waals surface area contributed by atoms with Crippen molar-refractivity contribution in [3.05, 3.63) is 52.5 Å². The summed E-state index contributed by atoms with van der Waals surface area (Å²) < 4.78 is 5.90. The van der Waals surface area contributed by atoms with Crippen LogP contribution >= 0.6 is 11.6 Å². The van der Waals surface area contributed by atoms with Crippen LogP contribution in [-0.4, -0.2) is 5.60 Å². The van der Waals surface area contributed by atoms with Crippen LogP contribution in [0.15, 0.2) is 36.4 Å². The molecule has 0 amide bonds. The third-order valence-electron chi connectivity index (χ3n) is 3.67. The number of ether oxygens (including phenoxy) is 1. The Hall–Kier alpha value is -1.51. The third kappa shape index (κ3) is 2.41. The van der Waals surface area contributed by atoms with Crippen molar-refractivity contribution in [2.24, 2.45) is 5.73 Å². The van der Waals surface area contributed by atoms with Crippen molar-refractivity contribution in [2.45, 2.75) is 32.4 Å². The van der Waals surface area contributed by atoms with E-state index in [2.05, 4.69) is 32.0 Å². The second-order valence-corrected chi connectivity index (χ2v) is 6.28.